The van der Waals surface area contributed by atoms with E-state index in [0.717, 1.165) is 17.8 Å². The summed E-state index contributed by atoms with van der Waals surface area (Å²) >= 11 is 0. The lowest BCUT2D eigenvalue weighted by Gasteiger charge is -2.40. The molecule has 0 bridgehead atoms. The Kier molecular flexibility index (Phi) is 0.498. The smallest absolute Gasteiger partial charge is 0.0390 e. The fraction of sp³-hybridized carbons (Fsp3) is 1.00. The highest BCUT2D eigenvalue weighted by Crippen LogP contribution is 2.68. The Morgan fingerprint density at radius 3 is 2.78 bits per heavy atom. The first kappa shape index (κ1) is 4.69. The lowest BCUT2D eigenvalue weighted by atomic mass is 9.70. The second-order valence-electron chi connectivity index (χ2n) is 3.86. The van der Waals surface area contributed by atoms with E-state index in [1.54, 1.807) is 0 Å². The van der Waals surface area contributed by atoms with Crippen LogP contribution in [0.2, 0.25) is 0 Å². The second-order valence-corrected chi connectivity index (χ2v) is 3.86. The van der Waals surface area contributed by atoms with Crippen molar-refractivity contribution in [3.8, 4) is 0 Å². The van der Waals surface area contributed by atoms with Crippen molar-refractivity contribution < 1.29 is 0 Å². The minimum atomic E-state index is 0.253. The standard InChI is InChI=1S/C7H12N2/c1-3-4-2-9-6-5(4)7(3,6)8/h3-6,9H,2,8H2,1H3. The Hall–Kier alpha value is -0.0800. The maximum atomic E-state index is 6.06. The summed E-state index contributed by atoms with van der Waals surface area (Å²) in [5, 5.41) is 3.44. The quantitative estimate of drug-likeness (QED) is 0.459. The van der Waals surface area contributed by atoms with Crippen LogP contribution in [-0.4, -0.2) is 18.1 Å². The predicted molar refractivity (Wildman–Crippen MR) is 34.9 cm³/mol. The average Bonchev–Trinajstić information content (AvgIpc) is 2.23. The molecule has 9 heavy (non-hydrogen) atoms. The molecular formula is C7H12N2. The van der Waals surface area contributed by atoms with Gasteiger partial charge in [-0.2, -0.15) is 0 Å². The number of nitrogens with two attached hydrogens (primary N) is 1. The van der Waals surface area contributed by atoms with Gasteiger partial charge in [-0.3, -0.25) is 0 Å². The molecule has 1 heterocycles. The van der Waals surface area contributed by atoms with Crippen molar-refractivity contribution in [1.29, 1.82) is 0 Å². The summed E-state index contributed by atoms with van der Waals surface area (Å²) in [6.45, 7) is 3.53. The van der Waals surface area contributed by atoms with Crippen LogP contribution in [0, 0.1) is 17.8 Å². The summed E-state index contributed by atoms with van der Waals surface area (Å²) in [6, 6.07) is 0.706. The molecular weight excluding hydrogens is 112 g/mol. The molecule has 50 valence electrons. The summed E-state index contributed by atoms with van der Waals surface area (Å²) in [5.74, 6) is 2.60. The fourth-order valence-corrected chi connectivity index (χ4v) is 3.09. The van der Waals surface area contributed by atoms with Crippen LogP contribution in [-0.2, 0) is 0 Å². The van der Waals surface area contributed by atoms with Crippen LogP contribution in [0.5, 0.6) is 0 Å². The summed E-state index contributed by atoms with van der Waals surface area (Å²) < 4.78 is 0. The lowest BCUT2D eigenvalue weighted by molar-refractivity contribution is 0.135. The minimum absolute atomic E-state index is 0.253. The van der Waals surface area contributed by atoms with Gasteiger partial charge >= 0.3 is 0 Å². The van der Waals surface area contributed by atoms with Crippen LogP contribution in [0.25, 0.3) is 0 Å². The zero-order chi connectivity index (χ0) is 6.22. The molecule has 3 aliphatic rings. The van der Waals surface area contributed by atoms with E-state index in [4.69, 9.17) is 5.73 Å². The molecule has 2 aliphatic carbocycles. The molecule has 0 aromatic carbocycles. The largest absolute Gasteiger partial charge is 0.323 e. The maximum absolute atomic E-state index is 6.06. The number of hydrogen-bond acceptors (Lipinski definition) is 2. The molecule has 2 nitrogen and oxygen atoms in total. The molecule has 3 fully saturated rings. The van der Waals surface area contributed by atoms with E-state index in [1.165, 1.54) is 6.54 Å². The summed E-state index contributed by atoms with van der Waals surface area (Å²) in [6.07, 6.45) is 0. The second kappa shape index (κ2) is 0.956. The van der Waals surface area contributed by atoms with Gasteiger partial charge in [0.25, 0.3) is 0 Å². The zero-order valence-electron chi connectivity index (χ0n) is 5.59. The highest BCUT2D eigenvalue weighted by atomic mass is 15.2. The lowest BCUT2D eigenvalue weighted by Crippen LogP contribution is -2.56. The summed E-state index contributed by atoms with van der Waals surface area (Å²) in [7, 11) is 0. The van der Waals surface area contributed by atoms with Gasteiger partial charge in [-0.25, -0.2) is 0 Å². The Bertz CT molecular complexity index is 153. The number of piperidine rings is 2. The Morgan fingerprint density at radius 1 is 1.67 bits per heavy atom. The molecule has 3 rings (SSSR count). The molecule has 1 aliphatic heterocycles. The highest BCUT2D eigenvalue weighted by Gasteiger charge is 2.80. The Balaban J connectivity index is 2.03. The molecule has 0 spiro atoms. The summed E-state index contributed by atoms with van der Waals surface area (Å²) in [4.78, 5) is 0. The van der Waals surface area contributed by atoms with Crippen LogP contribution in [0.4, 0.5) is 0 Å². The number of hydrogen-bond donors (Lipinski definition) is 2. The van der Waals surface area contributed by atoms with E-state index < -0.39 is 0 Å². The molecule has 0 radical (unpaired) electrons. The molecule has 5 unspecified atom stereocenters. The van der Waals surface area contributed by atoms with E-state index in [0.29, 0.717) is 6.04 Å². The minimum Gasteiger partial charge on any atom is -0.323 e. The summed E-state index contributed by atoms with van der Waals surface area (Å²) in [5.41, 5.74) is 6.31. The van der Waals surface area contributed by atoms with Gasteiger partial charge in [-0.1, -0.05) is 6.92 Å². The zero-order valence-corrected chi connectivity index (χ0v) is 5.59. The van der Waals surface area contributed by atoms with E-state index in [-0.39, 0.29) is 5.54 Å². The fourth-order valence-electron chi connectivity index (χ4n) is 3.09. The van der Waals surface area contributed by atoms with Crippen molar-refractivity contribution in [2.45, 2.75) is 18.5 Å². The molecule has 2 saturated carbocycles. The molecule has 2 heteroatoms. The topological polar surface area (TPSA) is 38.0 Å². The van der Waals surface area contributed by atoms with Crippen molar-refractivity contribution in [2.75, 3.05) is 6.54 Å². The maximum Gasteiger partial charge on any atom is 0.0390 e. The third-order valence-electron chi connectivity index (χ3n) is 3.83. The first-order valence-corrected chi connectivity index (χ1v) is 3.78. The number of rotatable bonds is 0. The Morgan fingerprint density at radius 2 is 2.44 bits per heavy atom. The normalized spacial score (nSPS) is 75.3. The molecule has 0 aromatic heterocycles. The van der Waals surface area contributed by atoms with Gasteiger partial charge in [0.05, 0.1) is 0 Å². The van der Waals surface area contributed by atoms with Gasteiger partial charge in [0.1, 0.15) is 0 Å². The molecule has 5 atom stereocenters. The molecule has 1 saturated heterocycles. The van der Waals surface area contributed by atoms with Gasteiger partial charge < -0.3 is 11.1 Å². The van der Waals surface area contributed by atoms with Gasteiger partial charge in [-0.15, -0.1) is 0 Å². The third kappa shape index (κ3) is 0.256. The van der Waals surface area contributed by atoms with Gasteiger partial charge in [0.15, 0.2) is 0 Å². The first-order chi connectivity index (χ1) is 4.26. The Labute approximate surface area is 54.8 Å². The van der Waals surface area contributed by atoms with Crippen LogP contribution in [0.1, 0.15) is 6.92 Å². The average molecular weight is 124 g/mol. The van der Waals surface area contributed by atoms with E-state index >= 15 is 0 Å². The van der Waals surface area contributed by atoms with Crippen LogP contribution >= 0.6 is 0 Å². The predicted octanol–water partition coefficient (Wildman–Crippen LogP) is -0.449. The number of nitrogens with one attached hydrogen (secondary N) is 1. The highest BCUT2D eigenvalue weighted by molar-refractivity contribution is 5.38. The van der Waals surface area contributed by atoms with Crippen molar-refractivity contribution in [3.63, 3.8) is 0 Å². The van der Waals surface area contributed by atoms with Crippen LogP contribution in [0.15, 0.2) is 0 Å². The van der Waals surface area contributed by atoms with Gasteiger partial charge in [-0.05, 0) is 18.4 Å². The van der Waals surface area contributed by atoms with E-state index in [9.17, 15) is 0 Å². The van der Waals surface area contributed by atoms with Crippen LogP contribution in [0.3, 0.4) is 0 Å². The van der Waals surface area contributed by atoms with E-state index in [1.807, 2.05) is 0 Å². The number of fused-ring (bicyclic) bond motifs is 1. The van der Waals surface area contributed by atoms with Gasteiger partial charge in [0, 0.05) is 17.5 Å². The van der Waals surface area contributed by atoms with Crippen molar-refractivity contribution in [2.24, 2.45) is 23.5 Å². The van der Waals surface area contributed by atoms with Crippen molar-refractivity contribution >= 4 is 0 Å². The third-order valence-corrected chi connectivity index (χ3v) is 3.83. The molecule has 0 aromatic rings. The molecule has 3 N–H and O–H groups in total. The van der Waals surface area contributed by atoms with Crippen molar-refractivity contribution in [1.82, 2.24) is 5.32 Å². The van der Waals surface area contributed by atoms with Crippen molar-refractivity contribution in [3.05, 3.63) is 0 Å². The van der Waals surface area contributed by atoms with Gasteiger partial charge in [0.2, 0.25) is 0 Å². The molecule has 0 amide bonds. The first-order valence-electron chi connectivity index (χ1n) is 3.78. The monoisotopic (exact) mass is 124 g/mol. The van der Waals surface area contributed by atoms with Crippen LogP contribution < -0.4 is 11.1 Å². The SMILES string of the molecule is CC1C2CNC3C2C13N. The van der Waals surface area contributed by atoms with E-state index in [2.05, 4.69) is 12.2 Å².